The number of unbranched alkanes of at least 4 members (excludes halogenated alkanes) is 2. The number of imide groups is 1. The summed E-state index contributed by atoms with van der Waals surface area (Å²) in [4.78, 5) is 77.6. The van der Waals surface area contributed by atoms with Crippen LogP contribution in [0.3, 0.4) is 0 Å². The Morgan fingerprint density at radius 2 is 1.32 bits per heavy atom. The number of amides is 6. The van der Waals surface area contributed by atoms with Crippen LogP contribution in [-0.2, 0) is 66.5 Å². The average Bonchev–Trinajstić information content (AvgIpc) is 1.26. The van der Waals surface area contributed by atoms with E-state index in [2.05, 4.69) is 59.3 Å². The highest BCUT2D eigenvalue weighted by atomic mass is 35.5. The van der Waals surface area contributed by atoms with Crippen LogP contribution in [0.4, 0.5) is 4.79 Å². The lowest BCUT2D eigenvalue weighted by Crippen LogP contribution is -2.74. The first-order chi connectivity index (χ1) is 52.3. The van der Waals surface area contributed by atoms with Crippen molar-refractivity contribution < 1.29 is 71.3 Å². The molecule has 5 N–H and O–H groups in total. The van der Waals surface area contributed by atoms with E-state index in [9.17, 15) is 29.2 Å². The number of halogens is 2. The van der Waals surface area contributed by atoms with E-state index >= 15 is 0 Å². The van der Waals surface area contributed by atoms with E-state index in [1.165, 1.54) is 38.5 Å². The Labute approximate surface area is 647 Å². The summed E-state index contributed by atoms with van der Waals surface area (Å²) < 4.78 is 57.8. The van der Waals surface area contributed by atoms with E-state index in [0.29, 0.717) is 201 Å². The Morgan fingerprint density at radius 1 is 0.645 bits per heavy atom. The van der Waals surface area contributed by atoms with Crippen molar-refractivity contribution in [2.75, 3.05) is 205 Å². The predicted molar refractivity (Wildman–Crippen MR) is 406 cm³/mol. The Kier molecular flexibility index (Phi) is 38.0. The van der Waals surface area contributed by atoms with Crippen LogP contribution in [0.25, 0.3) is 0 Å². The summed E-state index contributed by atoms with van der Waals surface area (Å²) in [6.45, 7) is 17.2. The number of piperazine rings is 1. The van der Waals surface area contributed by atoms with E-state index in [1.54, 1.807) is 11.0 Å². The number of piperidine rings is 2. The second-order valence-corrected chi connectivity index (χ2v) is 33.1. The highest BCUT2D eigenvalue weighted by molar-refractivity contribution is 6.21. The minimum atomic E-state index is -0.564. The third-order valence-corrected chi connectivity index (χ3v) is 25.3. The van der Waals surface area contributed by atoms with E-state index in [4.69, 9.17) is 70.6 Å². The number of carbonyl (C=O) groups excluding carboxylic acids is 5. The third kappa shape index (κ3) is 27.9. The molecule has 6 heterocycles. The summed E-state index contributed by atoms with van der Waals surface area (Å²) in [6, 6.07) is 2.75. The molecule has 0 aromatic heterocycles. The van der Waals surface area contributed by atoms with Crippen LogP contribution in [0.2, 0.25) is 0 Å². The second-order valence-electron chi connectivity index (χ2n) is 31.9. The van der Waals surface area contributed by atoms with Gasteiger partial charge in [0.25, 0.3) is 0 Å². The van der Waals surface area contributed by atoms with Gasteiger partial charge >= 0.3 is 6.03 Å². The predicted octanol–water partition coefficient (Wildman–Crippen LogP) is 5.55. The number of nitriles is 1. The van der Waals surface area contributed by atoms with E-state index in [1.807, 2.05) is 18.0 Å². The van der Waals surface area contributed by atoms with Crippen molar-refractivity contribution in [3.8, 4) is 6.07 Å². The standard InChI is InChI=1S/C78H132Cl2N12O15/c1-87(24-9-16-72(94)91-28-27-90(54-63(91)21-23-81)74-66-22-26-89(69-15-7-12-59-11-6-14-67(80)73(59)69)55-68(66)84-78(86-74)107-56-64-13-8-25-88(64)2)29-31-99-33-35-101-37-39-103-41-43-105-45-47-106-46-44-104-42-40-102-38-36-100-34-32-98-30-5-3-4-10-57-49-61(79)51-62(50-57)83-77(97)82-52-58-17-18-65-60(48-58)53-92(76(65)96)70-19-20-71(93)85-75(70)95/h9,16,57-70,73-74,78,84,86H,3-8,10-15,17-22,24-56H2,1-2H3,(H2,82,83,97)(H,85,93,95)/b16-9+/t57?,58?,59?,60?,61?,62?,63-,64-,65?,66?,67?,68?,69?,70?,73?,74?,78?/m0/s1. The number of ether oxygens (including phenoxy) is 10. The molecule has 0 radical (unpaired) electrons. The van der Waals surface area contributed by atoms with Gasteiger partial charge in [0.2, 0.25) is 23.6 Å². The molecule has 4 aliphatic carbocycles. The first-order valence-corrected chi connectivity index (χ1v) is 42.2. The molecule has 17 atom stereocenters. The number of nitrogens with one attached hydrogen (secondary N) is 5. The second kappa shape index (κ2) is 47.3. The number of likely N-dealkylation sites (N-methyl/N-ethyl adjacent to an activating group) is 2. The van der Waals surface area contributed by atoms with Crippen molar-refractivity contribution in [2.45, 2.75) is 201 Å². The van der Waals surface area contributed by atoms with Crippen LogP contribution in [0.5, 0.6) is 0 Å². The highest BCUT2D eigenvalue weighted by Crippen LogP contribution is 2.46. The topological polar surface area (TPSA) is 281 Å². The smallest absolute Gasteiger partial charge is 0.315 e. The zero-order valence-corrected chi connectivity index (χ0v) is 66.1. The van der Waals surface area contributed by atoms with Crippen molar-refractivity contribution in [1.29, 1.82) is 5.26 Å². The van der Waals surface area contributed by atoms with Crippen LogP contribution in [-0.4, -0.2) is 324 Å². The highest BCUT2D eigenvalue weighted by Gasteiger charge is 2.51. The summed E-state index contributed by atoms with van der Waals surface area (Å²) in [6.07, 6.45) is 24.7. The molecule has 6 aliphatic heterocycles. The maximum Gasteiger partial charge on any atom is 0.315 e. The Hall–Kier alpha value is -3.48. The summed E-state index contributed by atoms with van der Waals surface area (Å²) in [5.41, 5.74) is 0. The summed E-state index contributed by atoms with van der Waals surface area (Å²) in [5, 5.41) is 26.9. The molecule has 10 rings (SSSR count). The van der Waals surface area contributed by atoms with Crippen molar-refractivity contribution in [1.82, 2.24) is 56.0 Å². The Balaban J connectivity index is 0.457. The molecule has 0 aromatic rings. The average molecular weight is 1550 g/mol. The molecule has 15 unspecified atom stereocenters. The number of fused-ring (bicyclic) bond motifs is 3. The number of hydrogen-bond acceptors (Lipinski definition) is 22. The van der Waals surface area contributed by atoms with Gasteiger partial charge in [0, 0.05) is 118 Å². The van der Waals surface area contributed by atoms with Crippen LogP contribution in [0.1, 0.15) is 141 Å². The molecule has 107 heavy (non-hydrogen) atoms. The minimum Gasteiger partial charge on any atom is -0.379 e. The lowest BCUT2D eigenvalue weighted by molar-refractivity contribution is -0.144. The van der Waals surface area contributed by atoms with Crippen LogP contribution >= 0.6 is 23.2 Å². The number of hydrogen-bond donors (Lipinski definition) is 5. The quantitative estimate of drug-likeness (QED) is 0.0216. The van der Waals surface area contributed by atoms with Crippen molar-refractivity contribution in [2.24, 2.45) is 41.4 Å². The van der Waals surface area contributed by atoms with Gasteiger partial charge < -0.3 is 77.6 Å². The normalized spacial score (nSPS) is 31.8. The molecule has 6 saturated heterocycles. The monoisotopic (exact) mass is 1550 g/mol. The van der Waals surface area contributed by atoms with Crippen molar-refractivity contribution >= 4 is 52.9 Å². The van der Waals surface area contributed by atoms with E-state index < -0.39 is 6.04 Å². The number of carbonyl (C=O) groups is 5. The fraction of sp³-hybridized carbons (Fsp3) is 0.897. The summed E-state index contributed by atoms with van der Waals surface area (Å²) >= 11 is 13.9. The number of nitrogens with zero attached hydrogens (tertiary/aromatic N) is 7. The number of urea groups is 1. The van der Waals surface area contributed by atoms with Crippen LogP contribution in [0, 0.1) is 52.8 Å². The molecule has 6 amide bonds. The molecule has 0 aromatic carbocycles. The first-order valence-electron chi connectivity index (χ1n) is 41.3. The lowest BCUT2D eigenvalue weighted by Gasteiger charge is -2.56. The molecular formula is C78H132Cl2N12O15. The van der Waals surface area contributed by atoms with Crippen molar-refractivity contribution in [3.63, 3.8) is 0 Å². The Morgan fingerprint density at radius 3 is 1.98 bits per heavy atom. The largest absolute Gasteiger partial charge is 0.379 e. The van der Waals surface area contributed by atoms with Crippen LogP contribution in [0.15, 0.2) is 12.2 Å². The zero-order valence-electron chi connectivity index (χ0n) is 64.5. The van der Waals surface area contributed by atoms with Gasteiger partial charge in [-0.25, -0.2) is 4.79 Å². The molecule has 10 aliphatic rings. The molecule has 4 saturated carbocycles. The SMILES string of the molecule is CN(C/C=C/C(=O)N1CCN(C2NC(OC[C@@H]3CCCN3C)NC3CN(C4CCCC5CCCC(Cl)C54)CCC32)C[C@@H]1CC#N)CCOCCOCCOCCOCCOCCOCCOCCOCCOCCCCCC1CC(Cl)CC(NC(=O)NCC2CCC3C(=O)N(C4CCC(=O)NC4=O)CC3C2)C1. The first kappa shape index (κ1) is 85.9. The molecule has 0 bridgehead atoms. The number of likely N-dealkylation sites (tertiary alicyclic amines) is 3. The van der Waals surface area contributed by atoms with Gasteiger partial charge in [-0.1, -0.05) is 51.0 Å². The van der Waals surface area contributed by atoms with E-state index in [-0.39, 0.29) is 102 Å². The molecule has 10 fully saturated rings. The zero-order chi connectivity index (χ0) is 75.0. The maximum absolute atomic E-state index is 13.8. The fourth-order valence-electron chi connectivity index (χ4n) is 18.8. The van der Waals surface area contributed by atoms with Crippen LogP contribution < -0.4 is 26.6 Å². The molecule has 0 spiro atoms. The van der Waals surface area contributed by atoms with Gasteiger partial charge in [-0.3, -0.25) is 44.9 Å². The molecule has 608 valence electrons. The molecule has 29 heteroatoms. The maximum atomic E-state index is 13.8. The Bertz CT molecular complexity index is 2720. The lowest BCUT2D eigenvalue weighted by atomic mass is 9.67. The van der Waals surface area contributed by atoms with Gasteiger partial charge in [-0.2, -0.15) is 5.26 Å². The third-order valence-electron chi connectivity index (χ3n) is 24.5. The fourth-order valence-corrected chi connectivity index (χ4v) is 19.8. The summed E-state index contributed by atoms with van der Waals surface area (Å²) in [7, 11) is 4.22. The van der Waals surface area contributed by atoms with E-state index in [0.717, 1.165) is 116 Å². The summed E-state index contributed by atoms with van der Waals surface area (Å²) in [5.74, 6) is 1.86. The number of alkyl halides is 2. The molecular weight excluding hydrogens is 1420 g/mol. The minimum absolute atomic E-state index is 0.0287. The van der Waals surface area contributed by atoms with Gasteiger partial charge in [0.15, 0.2) is 6.35 Å². The molecule has 27 nitrogen and oxygen atoms in total. The number of rotatable bonds is 46. The van der Waals surface area contributed by atoms with Gasteiger partial charge in [-0.05, 0) is 140 Å². The van der Waals surface area contributed by atoms with Gasteiger partial charge in [-0.15, -0.1) is 23.2 Å². The van der Waals surface area contributed by atoms with Crippen molar-refractivity contribution in [3.05, 3.63) is 12.2 Å². The van der Waals surface area contributed by atoms with Gasteiger partial charge in [0.05, 0.1) is 144 Å². The van der Waals surface area contributed by atoms with Gasteiger partial charge in [0.1, 0.15) is 6.04 Å².